The highest BCUT2D eigenvalue weighted by atomic mass is 19.4. The van der Waals surface area contributed by atoms with Crippen LogP contribution in [0.1, 0.15) is 35.9 Å². The van der Waals surface area contributed by atoms with Crippen LogP contribution in [0.15, 0.2) is 12.1 Å². The molecule has 0 amide bonds. The van der Waals surface area contributed by atoms with Crippen LogP contribution in [-0.2, 0) is 6.18 Å². The van der Waals surface area contributed by atoms with E-state index in [9.17, 15) is 37.6 Å². The van der Waals surface area contributed by atoms with Crippen molar-refractivity contribution in [1.29, 1.82) is 0 Å². The highest BCUT2D eigenvalue weighted by Gasteiger charge is 2.44. The normalized spacial score (nSPS) is 16.1. The Balaban J connectivity index is 2.30. The molecular weight excluding hydrogens is 374 g/mol. The van der Waals surface area contributed by atoms with Crippen LogP contribution in [0.4, 0.5) is 23.2 Å². The van der Waals surface area contributed by atoms with Crippen molar-refractivity contribution >= 4 is 22.5 Å². The summed E-state index contributed by atoms with van der Waals surface area (Å²) in [4.78, 5) is 25.6. The smallest absolute Gasteiger partial charge is 0.438 e. The maximum absolute atomic E-state index is 14.5. The van der Waals surface area contributed by atoms with Gasteiger partial charge in [0, 0.05) is 37.1 Å². The molecule has 0 radical (unpaired) electrons. The molecule has 0 aliphatic carbocycles. The predicted octanol–water partition coefficient (Wildman–Crippen LogP) is 2.22. The molecule has 0 spiro atoms. The van der Waals surface area contributed by atoms with Crippen LogP contribution in [0.3, 0.4) is 0 Å². The first-order valence-electron chi connectivity index (χ1n) is 8.06. The Bertz CT molecular complexity index is 979. The van der Waals surface area contributed by atoms with Crippen LogP contribution >= 0.6 is 0 Å². The zero-order valence-electron chi connectivity index (χ0n) is 14.1. The Morgan fingerprint density at radius 2 is 1.89 bits per heavy atom. The largest absolute Gasteiger partial charge is 0.805 e. The fourth-order valence-electron chi connectivity index (χ4n) is 3.21. The van der Waals surface area contributed by atoms with Gasteiger partial charge in [0.15, 0.2) is 0 Å². The van der Waals surface area contributed by atoms with Crippen molar-refractivity contribution < 1.29 is 31.9 Å². The van der Waals surface area contributed by atoms with Crippen molar-refractivity contribution in [2.45, 2.75) is 32.0 Å². The summed E-state index contributed by atoms with van der Waals surface area (Å²) >= 11 is 0. The van der Waals surface area contributed by atoms with Crippen LogP contribution in [0.2, 0.25) is 0 Å². The van der Waals surface area contributed by atoms with Gasteiger partial charge >= 0.3 is 11.9 Å². The van der Waals surface area contributed by atoms with Crippen molar-refractivity contribution in [2.75, 3.05) is 18.0 Å². The molecule has 2 heterocycles. The Morgan fingerprint density at radius 3 is 2.41 bits per heavy atom. The minimum atomic E-state index is -5.28. The molecule has 1 aliphatic heterocycles. The summed E-state index contributed by atoms with van der Waals surface area (Å²) in [6.45, 7) is 1.27. The van der Waals surface area contributed by atoms with Gasteiger partial charge in [0.05, 0.1) is 16.2 Å². The number of aliphatic hydroxyl groups excluding tert-OH is 1. The van der Waals surface area contributed by atoms with Crippen molar-refractivity contribution in [3.05, 3.63) is 39.5 Å². The monoisotopic (exact) mass is 389 g/mol. The maximum Gasteiger partial charge on any atom is 0.438 e. The summed E-state index contributed by atoms with van der Waals surface area (Å²) in [6, 6.07) is 1.51. The third-order valence-corrected chi connectivity index (χ3v) is 4.52. The van der Waals surface area contributed by atoms with E-state index in [0.717, 1.165) is 13.0 Å². The van der Waals surface area contributed by atoms with Gasteiger partial charge in [-0.25, -0.2) is 4.39 Å². The number of benzene rings is 1. The van der Waals surface area contributed by atoms with Gasteiger partial charge in [0.2, 0.25) is 11.5 Å². The number of piperidine rings is 1. The fraction of sp³-hybridized carbons (Fsp3) is 0.438. The highest BCUT2D eigenvalue weighted by molar-refractivity contribution is 5.93. The minimum Gasteiger partial charge on any atom is -0.805 e. The van der Waals surface area contributed by atoms with Crippen LogP contribution in [0, 0.1) is 15.9 Å². The number of aliphatic hydroxyl groups is 1. The molecule has 0 unspecified atom stereocenters. The van der Waals surface area contributed by atoms with Crippen molar-refractivity contribution in [1.82, 2.24) is 4.73 Å². The lowest BCUT2D eigenvalue weighted by atomic mass is 10.1. The molecule has 2 aromatic rings. The highest BCUT2D eigenvalue weighted by Crippen LogP contribution is 2.34. The van der Waals surface area contributed by atoms with Gasteiger partial charge in [-0.2, -0.15) is 13.2 Å². The molecule has 1 fully saturated rings. The van der Waals surface area contributed by atoms with Gasteiger partial charge in [0.1, 0.15) is 11.3 Å². The second-order valence-corrected chi connectivity index (χ2v) is 6.35. The summed E-state index contributed by atoms with van der Waals surface area (Å²) in [7, 11) is 0. The number of aromatic nitrogens is 2. The van der Waals surface area contributed by atoms with Gasteiger partial charge in [-0.15, -0.1) is 0 Å². The number of hydrogen-bond acceptors (Lipinski definition) is 5. The summed E-state index contributed by atoms with van der Waals surface area (Å²) in [6.07, 6.45) is -5.12. The van der Waals surface area contributed by atoms with E-state index in [1.165, 1.54) is 4.90 Å². The SMILES string of the molecule is CC(=O)c1c(C(F)(F)F)n([O-])c2cc(F)c(N3CCC(O)CC3)cc2[n+]1=O. The number of nitrogens with zero attached hydrogens (tertiary/aromatic N) is 3. The molecule has 0 atom stereocenters. The zero-order valence-corrected chi connectivity index (χ0v) is 14.1. The van der Waals surface area contributed by atoms with Gasteiger partial charge in [-0.1, -0.05) is 0 Å². The second-order valence-electron chi connectivity index (χ2n) is 6.35. The lowest BCUT2D eigenvalue weighted by Gasteiger charge is -2.31. The first-order chi connectivity index (χ1) is 12.5. The quantitative estimate of drug-likeness (QED) is 0.483. The van der Waals surface area contributed by atoms with Crippen molar-refractivity contribution in [2.24, 2.45) is 0 Å². The van der Waals surface area contributed by atoms with Crippen LogP contribution < -0.4 is 9.33 Å². The molecular formula is C16H15F4N3O4. The second kappa shape index (κ2) is 6.48. The van der Waals surface area contributed by atoms with Crippen LogP contribution in [0.5, 0.6) is 0 Å². The fourth-order valence-corrected chi connectivity index (χ4v) is 3.21. The van der Waals surface area contributed by atoms with Gasteiger partial charge in [-0.05, 0) is 12.8 Å². The van der Waals surface area contributed by atoms with E-state index >= 15 is 0 Å². The zero-order chi connectivity index (χ0) is 20.1. The Kier molecular flexibility index (Phi) is 4.58. The van der Waals surface area contributed by atoms with E-state index in [1.54, 1.807) is 0 Å². The number of rotatable bonds is 2. The Hall–Kier alpha value is -2.69. The number of anilines is 1. The average Bonchev–Trinajstić information content (AvgIpc) is 2.57. The van der Waals surface area contributed by atoms with Crippen LogP contribution in [0.25, 0.3) is 11.0 Å². The number of ketones is 1. The third-order valence-electron chi connectivity index (χ3n) is 4.52. The molecule has 1 saturated heterocycles. The summed E-state index contributed by atoms with van der Waals surface area (Å²) in [5, 5.41) is 21.8. The molecule has 1 aromatic carbocycles. The number of Topliss-reactive ketones (excluding diaryl/α,β-unsaturated/α-hetero) is 1. The Morgan fingerprint density at radius 1 is 1.30 bits per heavy atom. The molecule has 7 nitrogen and oxygen atoms in total. The summed E-state index contributed by atoms with van der Waals surface area (Å²) in [5.74, 6) is -2.22. The molecule has 146 valence electrons. The average molecular weight is 389 g/mol. The van der Waals surface area contributed by atoms with E-state index in [-0.39, 0.29) is 23.2 Å². The Labute approximate surface area is 149 Å². The van der Waals surface area contributed by atoms with E-state index in [2.05, 4.69) is 0 Å². The molecule has 1 aromatic heterocycles. The van der Waals surface area contributed by atoms with Gasteiger partial charge < -0.3 is 19.9 Å². The van der Waals surface area contributed by atoms with E-state index in [1.807, 2.05) is 0 Å². The predicted molar refractivity (Wildman–Crippen MR) is 86.5 cm³/mol. The first kappa shape index (κ1) is 19.1. The topological polar surface area (TPSA) is 91.5 Å². The molecule has 27 heavy (non-hydrogen) atoms. The number of carbonyl (C=O) groups is 1. The van der Waals surface area contributed by atoms with E-state index in [4.69, 9.17) is 0 Å². The molecule has 0 saturated carbocycles. The number of alkyl halides is 3. The van der Waals surface area contributed by atoms with Gasteiger partial charge in [-0.3, -0.25) is 4.79 Å². The molecule has 0 bridgehead atoms. The lowest BCUT2D eigenvalue weighted by molar-refractivity contribution is -0.470. The van der Waals surface area contributed by atoms with Gasteiger partial charge in [0.25, 0.3) is 5.52 Å². The third kappa shape index (κ3) is 3.22. The lowest BCUT2D eigenvalue weighted by Crippen LogP contribution is -2.37. The first-order valence-corrected chi connectivity index (χ1v) is 8.06. The molecule has 1 aliphatic rings. The van der Waals surface area contributed by atoms with Crippen molar-refractivity contribution in [3.8, 4) is 0 Å². The van der Waals surface area contributed by atoms with E-state index in [0.29, 0.717) is 18.9 Å². The van der Waals surface area contributed by atoms with E-state index < -0.39 is 51.0 Å². The number of fused-ring (bicyclic) bond motifs is 1. The standard InChI is InChI=1S/C16H15F4N3O4/c1-8(24)14-15(16(18,19)20)23(27)12-6-10(17)11(7-13(12)22(14)26)21-4-2-9(25)3-5-21/h6-7,9,25H,2-5H2,1H3. The molecule has 1 N–H and O–H groups in total. The van der Waals surface area contributed by atoms with Crippen molar-refractivity contribution in [3.63, 3.8) is 0 Å². The molecule has 11 heteroatoms. The summed E-state index contributed by atoms with van der Waals surface area (Å²) < 4.78 is 53.3. The maximum atomic E-state index is 14.5. The number of halogens is 4. The van der Waals surface area contributed by atoms with Crippen LogP contribution in [-0.4, -0.2) is 34.8 Å². The number of carbonyl (C=O) groups excluding carboxylic acids is 1. The summed E-state index contributed by atoms with van der Waals surface area (Å²) in [5.41, 5.74) is -4.80. The minimum absolute atomic E-state index is 0.0896. The number of hydrogen-bond donors (Lipinski definition) is 1. The molecule has 3 rings (SSSR count).